The summed E-state index contributed by atoms with van der Waals surface area (Å²) in [4.78, 5) is 73.5. The Morgan fingerprint density at radius 1 is 0.297 bits per heavy atom. The minimum Gasteiger partial charge on any atom is -0.355 e. The Morgan fingerprint density at radius 2 is 0.527 bits per heavy atom. The van der Waals surface area contributed by atoms with Crippen LogP contribution in [0.1, 0.15) is 348 Å². The molecule has 5 amide bonds. The molecule has 14 nitrogen and oxygen atoms in total. The molecule has 10 N–H and O–H groups in total. The SMILES string of the molecule is CCCCCCCC/C=C\CCCCCCCC(=O)N(CCCCN(CCCN(CCCNC(=O)[C@@H](N)CCCN)C(=O)CCCCCCC/C=C\CCCCCCCC)C(=O)CCCCCCC/C=C\CCCCCCCC)CCCNC(=O)[C@@H](N)CCCN. The van der Waals surface area contributed by atoms with E-state index < -0.39 is 12.1 Å². The monoisotopic (exact) mass is 1280 g/mol. The normalized spacial score (nSPS) is 12.4. The summed E-state index contributed by atoms with van der Waals surface area (Å²) >= 11 is 0. The molecule has 0 aliphatic heterocycles. The van der Waals surface area contributed by atoms with Gasteiger partial charge in [0.05, 0.1) is 12.1 Å². The molecule has 91 heavy (non-hydrogen) atoms. The first-order valence-electron chi connectivity index (χ1n) is 38.8. The molecule has 0 rings (SSSR count). The van der Waals surface area contributed by atoms with Crippen molar-refractivity contribution in [2.24, 2.45) is 22.9 Å². The smallest absolute Gasteiger partial charge is 0.236 e. The molecule has 0 aliphatic rings. The van der Waals surface area contributed by atoms with E-state index >= 15 is 0 Å². The lowest BCUT2D eigenvalue weighted by Crippen LogP contribution is -2.42. The fourth-order valence-electron chi connectivity index (χ4n) is 11.8. The molecule has 0 aromatic carbocycles. The standard InChI is InChI=1S/C77H149N9O5/c1-4-7-10-13-16-19-22-25-28-31-34-37-40-43-46-58-73(87)84(67-53-63-82-76(90)71(80)56-51-61-78)65-49-50-66-85(74(88)59-47-44-41-38-35-32-29-26-23-20-17-14-11-8-5-2)69-55-70-86(68-54-64-83-77(91)72(81)57-52-62-79)75(89)60-48-45-42-39-36-33-30-27-24-21-18-15-12-9-6-3/h25-30,71-72H,4-24,31-70,78-81H2,1-3H3,(H,82,90)(H,83,91)/b28-25-,29-26-,30-27-/t71-,72-/m0/s1. The van der Waals surface area contributed by atoms with Gasteiger partial charge in [0.25, 0.3) is 0 Å². The Balaban J connectivity index is 5.84. The van der Waals surface area contributed by atoms with Crippen molar-refractivity contribution in [3.63, 3.8) is 0 Å². The van der Waals surface area contributed by atoms with Crippen LogP contribution in [0, 0.1) is 0 Å². The zero-order valence-corrected chi connectivity index (χ0v) is 59.9. The lowest BCUT2D eigenvalue weighted by atomic mass is 10.1. The summed E-state index contributed by atoms with van der Waals surface area (Å²) < 4.78 is 0. The van der Waals surface area contributed by atoms with Crippen molar-refractivity contribution in [3.05, 3.63) is 36.5 Å². The molecule has 0 saturated carbocycles. The van der Waals surface area contributed by atoms with Gasteiger partial charge in [-0.15, -0.1) is 0 Å². The molecule has 0 aromatic rings. The molecule has 0 unspecified atom stereocenters. The minimum atomic E-state index is -0.598. The summed E-state index contributed by atoms with van der Waals surface area (Å²) in [6.45, 7) is 12.0. The van der Waals surface area contributed by atoms with Crippen LogP contribution in [-0.4, -0.2) is 122 Å². The fraction of sp³-hybridized carbons (Fsp3) is 0.857. The third kappa shape index (κ3) is 58.7. The van der Waals surface area contributed by atoms with Gasteiger partial charge in [-0.05, 0) is 167 Å². The molecule has 14 heteroatoms. The molecule has 532 valence electrons. The first kappa shape index (κ1) is 87.4. The summed E-state index contributed by atoms with van der Waals surface area (Å²) in [5.74, 6) is 0.0846. The van der Waals surface area contributed by atoms with Gasteiger partial charge in [0.2, 0.25) is 29.5 Å². The van der Waals surface area contributed by atoms with Crippen LogP contribution >= 0.6 is 0 Å². The number of amides is 5. The van der Waals surface area contributed by atoms with Crippen molar-refractivity contribution in [1.82, 2.24) is 25.3 Å². The molecule has 0 radical (unpaired) electrons. The number of hydrogen-bond donors (Lipinski definition) is 6. The quantitative estimate of drug-likeness (QED) is 0.0251. The van der Waals surface area contributed by atoms with Gasteiger partial charge in [-0.2, -0.15) is 0 Å². The number of nitrogens with one attached hydrogen (secondary N) is 2. The van der Waals surface area contributed by atoms with Crippen molar-refractivity contribution in [1.29, 1.82) is 0 Å². The van der Waals surface area contributed by atoms with Gasteiger partial charge in [-0.25, -0.2) is 0 Å². The van der Waals surface area contributed by atoms with E-state index in [1.54, 1.807) is 0 Å². The van der Waals surface area contributed by atoms with Crippen LogP contribution in [0.5, 0.6) is 0 Å². The zero-order valence-electron chi connectivity index (χ0n) is 59.9. The Morgan fingerprint density at radius 3 is 0.791 bits per heavy atom. The van der Waals surface area contributed by atoms with Crippen LogP contribution in [0.15, 0.2) is 36.5 Å². The molecule has 0 bridgehead atoms. The first-order valence-corrected chi connectivity index (χ1v) is 38.8. The predicted octanol–water partition coefficient (Wildman–Crippen LogP) is 16.9. The Bertz CT molecular complexity index is 1750. The number of nitrogens with two attached hydrogens (primary N) is 4. The number of unbranched alkanes of at least 4 members (excludes halogenated alkanes) is 34. The molecule has 0 aromatic heterocycles. The van der Waals surface area contributed by atoms with Crippen LogP contribution in [0.2, 0.25) is 0 Å². The number of nitrogens with zero attached hydrogens (tertiary/aromatic N) is 3. The van der Waals surface area contributed by atoms with E-state index in [-0.39, 0.29) is 29.5 Å². The number of carbonyl (C=O) groups excluding carboxylic acids is 5. The van der Waals surface area contributed by atoms with Crippen LogP contribution in [0.4, 0.5) is 0 Å². The van der Waals surface area contributed by atoms with Crippen molar-refractivity contribution in [3.8, 4) is 0 Å². The summed E-state index contributed by atoms with van der Waals surface area (Å²) in [7, 11) is 0. The Kier molecular flexibility index (Phi) is 66.5. The van der Waals surface area contributed by atoms with E-state index in [9.17, 15) is 24.0 Å². The summed E-state index contributed by atoms with van der Waals surface area (Å²) in [5, 5.41) is 5.95. The predicted molar refractivity (Wildman–Crippen MR) is 390 cm³/mol. The van der Waals surface area contributed by atoms with E-state index in [1.807, 2.05) is 14.7 Å². The fourth-order valence-corrected chi connectivity index (χ4v) is 11.8. The highest BCUT2D eigenvalue weighted by Gasteiger charge is 2.20. The number of hydrogen-bond acceptors (Lipinski definition) is 9. The van der Waals surface area contributed by atoms with Gasteiger partial charge in [-0.1, -0.05) is 211 Å². The van der Waals surface area contributed by atoms with E-state index in [0.29, 0.717) is 130 Å². The van der Waals surface area contributed by atoms with Crippen LogP contribution in [0.3, 0.4) is 0 Å². The molecule has 0 fully saturated rings. The summed E-state index contributed by atoms with van der Waals surface area (Å²) in [5.41, 5.74) is 23.6. The van der Waals surface area contributed by atoms with Gasteiger partial charge in [0.15, 0.2) is 0 Å². The van der Waals surface area contributed by atoms with Crippen LogP contribution < -0.4 is 33.6 Å². The second-order valence-electron chi connectivity index (χ2n) is 26.6. The maximum atomic E-state index is 14.2. The van der Waals surface area contributed by atoms with Crippen LogP contribution in [0.25, 0.3) is 0 Å². The van der Waals surface area contributed by atoms with E-state index in [2.05, 4.69) is 67.9 Å². The maximum absolute atomic E-state index is 14.2. The van der Waals surface area contributed by atoms with Gasteiger partial charge in [0.1, 0.15) is 0 Å². The molecular formula is C77H149N9O5. The van der Waals surface area contributed by atoms with Crippen molar-refractivity contribution in [2.75, 3.05) is 65.4 Å². The Labute approximate surface area is 561 Å². The summed E-state index contributed by atoms with van der Waals surface area (Å²) in [6.07, 6.45) is 68.6. The topological polar surface area (TPSA) is 223 Å². The average Bonchev–Trinajstić information content (AvgIpc) is 3.75. The number of carbonyl (C=O) groups is 5. The van der Waals surface area contributed by atoms with Crippen molar-refractivity contribution < 1.29 is 24.0 Å². The Hall–Kier alpha value is -3.59. The van der Waals surface area contributed by atoms with E-state index in [4.69, 9.17) is 22.9 Å². The van der Waals surface area contributed by atoms with E-state index in [0.717, 1.165) is 89.9 Å². The highest BCUT2D eigenvalue weighted by Crippen LogP contribution is 2.17. The third-order valence-electron chi connectivity index (χ3n) is 17.9. The largest absolute Gasteiger partial charge is 0.355 e. The second kappa shape index (κ2) is 69.2. The number of rotatable bonds is 70. The lowest BCUT2D eigenvalue weighted by molar-refractivity contribution is -0.133. The van der Waals surface area contributed by atoms with Gasteiger partial charge in [-0.3, -0.25) is 24.0 Å². The second-order valence-corrected chi connectivity index (χ2v) is 26.6. The highest BCUT2D eigenvalue weighted by atomic mass is 16.2. The maximum Gasteiger partial charge on any atom is 0.236 e. The lowest BCUT2D eigenvalue weighted by Gasteiger charge is -2.27. The minimum absolute atomic E-state index is 0.135. The molecule has 0 saturated heterocycles. The van der Waals surface area contributed by atoms with Crippen LogP contribution in [-0.2, 0) is 24.0 Å². The van der Waals surface area contributed by atoms with Gasteiger partial charge < -0.3 is 48.3 Å². The highest BCUT2D eigenvalue weighted by molar-refractivity contribution is 5.82. The molecular weight excluding hydrogens is 1130 g/mol. The summed E-state index contributed by atoms with van der Waals surface area (Å²) in [6, 6.07) is -1.19. The van der Waals surface area contributed by atoms with Gasteiger partial charge >= 0.3 is 0 Å². The zero-order chi connectivity index (χ0) is 66.6. The van der Waals surface area contributed by atoms with Crippen molar-refractivity contribution in [2.45, 2.75) is 360 Å². The molecule has 0 aliphatic carbocycles. The van der Waals surface area contributed by atoms with Crippen molar-refractivity contribution >= 4 is 29.5 Å². The number of allylic oxidation sites excluding steroid dienone is 6. The molecule has 0 spiro atoms. The van der Waals surface area contributed by atoms with E-state index in [1.165, 1.54) is 173 Å². The average molecular weight is 1280 g/mol. The first-order chi connectivity index (χ1) is 44.6. The third-order valence-corrected chi connectivity index (χ3v) is 17.9. The van der Waals surface area contributed by atoms with Gasteiger partial charge in [0, 0.05) is 71.6 Å². The molecule has 0 heterocycles. The molecule has 2 atom stereocenters.